The van der Waals surface area contributed by atoms with Gasteiger partial charge in [-0.15, -0.1) is 0 Å². The predicted octanol–water partition coefficient (Wildman–Crippen LogP) is 2.81. The number of anilines is 1. The van der Waals surface area contributed by atoms with Gasteiger partial charge in [-0.1, -0.05) is 18.5 Å². The van der Waals surface area contributed by atoms with Crippen LogP contribution in [0.15, 0.2) is 18.2 Å². The molecule has 0 aliphatic heterocycles. The summed E-state index contributed by atoms with van der Waals surface area (Å²) in [7, 11) is 0. The predicted molar refractivity (Wildman–Crippen MR) is 62.1 cm³/mol. The molecule has 1 fully saturated rings. The molecular formula is C12H11ClN2O. The third-order valence-corrected chi connectivity index (χ3v) is 3.04. The van der Waals surface area contributed by atoms with Crippen molar-refractivity contribution in [2.24, 2.45) is 11.8 Å². The largest absolute Gasteiger partial charge is 0.325 e. The van der Waals surface area contributed by atoms with Crippen molar-refractivity contribution >= 4 is 23.2 Å². The molecule has 0 saturated heterocycles. The van der Waals surface area contributed by atoms with Crippen LogP contribution in [-0.2, 0) is 4.79 Å². The van der Waals surface area contributed by atoms with Crippen molar-refractivity contribution < 1.29 is 4.79 Å². The number of hydrogen-bond acceptors (Lipinski definition) is 2. The molecular weight excluding hydrogens is 224 g/mol. The zero-order chi connectivity index (χ0) is 11.7. The van der Waals surface area contributed by atoms with E-state index in [0.29, 0.717) is 22.2 Å². The Morgan fingerprint density at radius 3 is 2.88 bits per heavy atom. The molecule has 2 unspecified atom stereocenters. The van der Waals surface area contributed by atoms with E-state index in [1.165, 1.54) is 0 Å². The smallest absolute Gasteiger partial charge is 0.227 e. The Labute approximate surface area is 99.0 Å². The molecule has 82 valence electrons. The van der Waals surface area contributed by atoms with Crippen LogP contribution in [0.25, 0.3) is 0 Å². The lowest BCUT2D eigenvalue weighted by atomic mass is 10.2. The lowest BCUT2D eigenvalue weighted by Gasteiger charge is -2.06. The van der Waals surface area contributed by atoms with Crippen LogP contribution in [0.3, 0.4) is 0 Å². The van der Waals surface area contributed by atoms with E-state index in [1.54, 1.807) is 18.2 Å². The van der Waals surface area contributed by atoms with Crippen LogP contribution in [0.1, 0.15) is 18.9 Å². The summed E-state index contributed by atoms with van der Waals surface area (Å²) in [5.41, 5.74) is 0.935. The van der Waals surface area contributed by atoms with Gasteiger partial charge in [0.05, 0.1) is 11.3 Å². The van der Waals surface area contributed by atoms with Crippen LogP contribution in [0, 0.1) is 23.2 Å². The molecule has 0 aromatic heterocycles. The molecule has 0 heterocycles. The molecule has 3 nitrogen and oxygen atoms in total. The standard InChI is InChI=1S/C12H11ClN2O/c1-7-4-10(7)12(16)15-11-5-9(13)3-2-8(11)6-14/h2-3,5,7,10H,4H2,1H3,(H,15,16). The van der Waals surface area contributed by atoms with Crippen LogP contribution in [0.4, 0.5) is 5.69 Å². The van der Waals surface area contributed by atoms with Gasteiger partial charge in [0.2, 0.25) is 5.91 Å². The van der Waals surface area contributed by atoms with Gasteiger partial charge in [-0.05, 0) is 30.5 Å². The van der Waals surface area contributed by atoms with Crippen LogP contribution in [-0.4, -0.2) is 5.91 Å². The minimum Gasteiger partial charge on any atom is -0.325 e. The normalized spacial score (nSPS) is 22.3. The summed E-state index contributed by atoms with van der Waals surface area (Å²) in [5.74, 6) is 0.515. The summed E-state index contributed by atoms with van der Waals surface area (Å²) < 4.78 is 0. The highest BCUT2D eigenvalue weighted by Gasteiger charge is 2.39. The summed E-state index contributed by atoms with van der Waals surface area (Å²) in [6.45, 7) is 2.04. The van der Waals surface area contributed by atoms with E-state index in [1.807, 2.05) is 13.0 Å². The molecule has 1 aromatic rings. The van der Waals surface area contributed by atoms with Gasteiger partial charge < -0.3 is 5.32 Å². The van der Waals surface area contributed by atoms with Crippen molar-refractivity contribution in [3.8, 4) is 6.07 Å². The minimum atomic E-state index is -0.0220. The number of rotatable bonds is 2. The second-order valence-corrected chi connectivity index (χ2v) is 4.55. The number of benzene rings is 1. The highest BCUT2D eigenvalue weighted by molar-refractivity contribution is 6.31. The first-order valence-electron chi connectivity index (χ1n) is 5.12. The molecule has 4 heteroatoms. The lowest BCUT2D eigenvalue weighted by molar-refractivity contribution is -0.117. The van der Waals surface area contributed by atoms with Gasteiger partial charge in [0.1, 0.15) is 6.07 Å². The fraction of sp³-hybridized carbons (Fsp3) is 0.333. The molecule has 1 saturated carbocycles. The second-order valence-electron chi connectivity index (χ2n) is 4.11. The first-order valence-corrected chi connectivity index (χ1v) is 5.50. The molecule has 1 aromatic carbocycles. The molecule has 1 aliphatic rings. The van der Waals surface area contributed by atoms with Gasteiger partial charge in [0.15, 0.2) is 0 Å². The molecule has 2 atom stereocenters. The molecule has 0 spiro atoms. The molecule has 0 radical (unpaired) electrons. The minimum absolute atomic E-state index is 0.0220. The maximum Gasteiger partial charge on any atom is 0.227 e. The van der Waals surface area contributed by atoms with Crippen molar-refractivity contribution in [2.75, 3.05) is 5.32 Å². The van der Waals surface area contributed by atoms with Crippen LogP contribution in [0.2, 0.25) is 5.02 Å². The van der Waals surface area contributed by atoms with Crippen LogP contribution in [0.5, 0.6) is 0 Å². The van der Waals surface area contributed by atoms with E-state index in [-0.39, 0.29) is 11.8 Å². The maximum atomic E-state index is 11.7. The SMILES string of the molecule is CC1CC1C(=O)Nc1cc(Cl)ccc1C#N. The van der Waals surface area contributed by atoms with Gasteiger partial charge in [-0.3, -0.25) is 4.79 Å². The summed E-state index contributed by atoms with van der Waals surface area (Å²) in [6, 6.07) is 6.87. The monoisotopic (exact) mass is 234 g/mol. The lowest BCUT2D eigenvalue weighted by Crippen LogP contribution is -2.15. The van der Waals surface area contributed by atoms with E-state index in [9.17, 15) is 4.79 Å². The van der Waals surface area contributed by atoms with E-state index in [0.717, 1.165) is 6.42 Å². The van der Waals surface area contributed by atoms with Crippen molar-refractivity contribution in [2.45, 2.75) is 13.3 Å². The van der Waals surface area contributed by atoms with Crippen LogP contribution < -0.4 is 5.32 Å². The number of nitrogens with one attached hydrogen (secondary N) is 1. The molecule has 16 heavy (non-hydrogen) atoms. The molecule has 1 N–H and O–H groups in total. The number of halogens is 1. The summed E-state index contributed by atoms with van der Waals surface area (Å²) in [4.78, 5) is 11.7. The zero-order valence-corrected chi connectivity index (χ0v) is 9.58. The molecule has 1 aliphatic carbocycles. The fourth-order valence-electron chi connectivity index (χ4n) is 1.63. The topological polar surface area (TPSA) is 52.9 Å². The molecule has 0 bridgehead atoms. The highest BCUT2D eigenvalue weighted by atomic mass is 35.5. The average Bonchev–Trinajstić information content (AvgIpc) is 2.96. The third-order valence-electron chi connectivity index (χ3n) is 2.81. The summed E-state index contributed by atoms with van der Waals surface area (Å²) in [6.07, 6.45) is 0.925. The van der Waals surface area contributed by atoms with Crippen molar-refractivity contribution in [3.05, 3.63) is 28.8 Å². The summed E-state index contributed by atoms with van der Waals surface area (Å²) in [5, 5.41) is 12.1. The Balaban J connectivity index is 2.17. The number of hydrogen-bond donors (Lipinski definition) is 1. The van der Waals surface area contributed by atoms with Gasteiger partial charge >= 0.3 is 0 Å². The van der Waals surface area contributed by atoms with E-state index in [2.05, 4.69) is 5.32 Å². The summed E-state index contributed by atoms with van der Waals surface area (Å²) >= 11 is 5.82. The van der Waals surface area contributed by atoms with E-state index >= 15 is 0 Å². The Hall–Kier alpha value is -1.53. The Morgan fingerprint density at radius 2 is 2.31 bits per heavy atom. The van der Waals surface area contributed by atoms with Gasteiger partial charge in [-0.25, -0.2) is 0 Å². The van der Waals surface area contributed by atoms with Crippen LogP contribution >= 0.6 is 11.6 Å². The molecule has 2 rings (SSSR count). The van der Waals surface area contributed by atoms with E-state index < -0.39 is 0 Å². The van der Waals surface area contributed by atoms with Crippen molar-refractivity contribution in [1.29, 1.82) is 5.26 Å². The number of carbonyl (C=O) groups excluding carboxylic acids is 1. The number of nitriles is 1. The second kappa shape index (κ2) is 4.15. The number of amides is 1. The number of carbonyl (C=O) groups is 1. The maximum absolute atomic E-state index is 11.7. The zero-order valence-electron chi connectivity index (χ0n) is 8.83. The van der Waals surface area contributed by atoms with Gasteiger partial charge in [0.25, 0.3) is 0 Å². The van der Waals surface area contributed by atoms with Crippen molar-refractivity contribution in [3.63, 3.8) is 0 Å². The Kier molecular flexibility index (Phi) is 2.84. The average molecular weight is 235 g/mol. The van der Waals surface area contributed by atoms with Gasteiger partial charge in [0, 0.05) is 10.9 Å². The Bertz CT molecular complexity index is 478. The fourth-order valence-corrected chi connectivity index (χ4v) is 1.80. The van der Waals surface area contributed by atoms with E-state index in [4.69, 9.17) is 16.9 Å². The third kappa shape index (κ3) is 2.17. The Morgan fingerprint density at radius 1 is 1.62 bits per heavy atom. The first-order chi connectivity index (χ1) is 7.61. The first kappa shape index (κ1) is 11.0. The quantitative estimate of drug-likeness (QED) is 0.856. The van der Waals surface area contributed by atoms with Gasteiger partial charge in [-0.2, -0.15) is 5.26 Å². The highest BCUT2D eigenvalue weighted by Crippen LogP contribution is 2.38. The molecule has 1 amide bonds. The number of nitrogens with zero attached hydrogens (tertiary/aromatic N) is 1. The van der Waals surface area contributed by atoms with Crippen molar-refractivity contribution in [1.82, 2.24) is 0 Å².